The zero-order valence-corrected chi connectivity index (χ0v) is 16.6. The summed E-state index contributed by atoms with van der Waals surface area (Å²) in [4.78, 5) is 16.7. The highest BCUT2D eigenvalue weighted by atomic mass is 35.5. The molecule has 1 aliphatic heterocycles. The fourth-order valence-electron chi connectivity index (χ4n) is 2.88. The third-order valence-electron chi connectivity index (χ3n) is 4.66. The molecule has 3 rings (SSSR count). The molecule has 1 amide bonds. The minimum atomic E-state index is -0.157. The highest BCUT2D eigenvalue weighted by molar-refractivity contribution is 7.99. The first-order valence-electron chi connectivity index (χ1n) is 8.86. The van der Waals surface area contributed by atoms with Gasteiger partial charge in [-0.25, -0.2) is 4.98 Å². The Balaban J connectivity index is 1.50. The van der Waals surface area contributed by atoms with E-state index in [-0.39, 0.29) is 17.2 Å². The Bertz CT molecular complexity index is 735. The van der Waals surface area contributed by atoms with E-state index in [1.54, 1.807) is 6.20 Å². The molecule has 2 heterocycles. The third-order valence-corrected chi connectivity index (χ3v) is 6.04. The number of benzene rings is 1. The number of halogens is 1. The zero-order chi connectivity index (χ0) is 18.5. The van der Waals surface area contributed by atoms with Crippen molar-refractivity contribution in [3.05, 3.63) is 41.4 Å². The van der Waals surface area contributed by atoms with Crippen LogP contribution in [-0.2, 0) is 10.5 Å². The van der Waals surface area contributed by atoms with Gasteiger partial charge in [0.25, 0.3) is 0 Å². The molecule has 2 N–H and O–H groups in total. The highest BCUT2D eigenvalue weighted by Gasteiger charge is 2.25. The van der Waals surface area contributed by atoms with Crippen molar-refractivity contribution in [2.75, 3.05) is 13.1 Å². The summed E-state index contributed by atoms with van der Waals surface area (Å²) in [5.74, 6) is 2.45. The third kappa shape index (κ3) is 5.02. The van der Waals surface area contributed by atoms with Gasteiger partial charge >= 0.3 is 0 Å². The van der Waals surface area contributed by atoms with Crippen LogP contribution in [0.5, 0.6) is 0 Å². The molecule has 1 aliphatic rings. The van der Waals surface area contributed by atoms with Gasteiger partial charge in [0.15, 0.2) is 5.76 Å². The number of aromatic nitrogens is 1. The average molecular weight is 394 g/mol. The Morgan fingerprint density at radius 1 is 1.46 bits per heavy atom. The fourth-order valence-corrected chi connectivity index (χ4v) is 3.75. The molecule has 0 spiro atoms. The lowest BCUT2D eigenvalue weighted by Gasteiger charge is -2.31. The van der Waals surface area contributed by atoms with E-state index in [1.165, 1.54) is 11.8 Å². The number of carbonyl (C=O) groups is 1. The topological polar surface area (TPSA) is 67.2 Å². The van der Waals surface area contributed by atoms with E-state index < -0.39 is 0 Å². The molecule has 1 saturated heterocycles. The van der Waals surface area contributed by atoms with Gasteiger partial charge in [0.2, 0.25) is 11.8 Å². The second-order valence-electron chi connectivity index (χ2n) is 6.66. The van der Waals surface area contributed by atoms with Crippen LogP contribution in [0.2, 0.25) is 5.02 Å². The van der Waals surface area contributed by atoms with Gasteiger partial charge in [-0.2, -0.15) is 0 Å². The number of hydrogen-bond donors (Lipinski definition) is 2. The van der Waals surface area contributed by atoms with Gasteiger partial charge in [-0.3, -0.25) is 4.79 Å². The summed E-state index contributed by atoms with van der Waals surface area (Å²) in [6.45, 7) is 5.98. The second kappa shape index (κ2) is 8.93. The molecule has 3 atom stereocenters. The number of rotatable bonds is 6. The van der Waals surface area contributed by atoms with Gasteiger partial charge in [-0.05, 0) is 50.1 Å². The van der Waals surface area contributed by atoms with Crippen LogP contribution in [0.1, 0.15) is 26.2 Å². The van der Waals surface area contributed by atoms with Crippen LogP contribution in [0.15, 0.2) is 34.9 Å². The smallest absolute Gasteiger partial charge is 0.233 e. The Kier molecular flexibility index (Phi) is 6.62. The van der Waals surface area contributed by atoms with Crippen LogP contribution in [0.25, 0.3) is 11.3 Å². The predicted molar refractivity (Wildman–Crippen MR) is 106 cm³/mol. The molecule has 0 bridgehead atoms. The quantitative estimate of drug-likeness (QED) is 0.782. The van der Waals surface area contributed by atoms with Crippen LogP contribution in [0, 0.1) is 5.92 Å². The molecule has 0 aliphatic carbocycles. The van der Waals surface area contributed by atoms with E-state index in [2.05, 4.69) is 22.5 Å². The maximum Gasteiger partial charge on any atom is 0.233 e. The first-order valence-corrected chi connectivity index (χ1v) is 10.3. The lowest BCUT2D eigenvalue weighted by atomic mass is 9.95. The Hall–Kier alpha value is -1.50. The van der Waals surface area contributed by atoms with E-state index in [1.807, 2.05) is 31.2 Å². The Morgan fingerprint density at radius 3 is 2.96 bits per heavy atom. The van der Waals surface area contributed by atoms with Gasteiger partial charge in [-0.1, -0.05) is 18.5 Å². The molecule has 0 saturated carbocycles. The fraction of sp³-hybridized carbons (Fsp3) is 0.474. The minimum Gasteiger partial charge on any atom is -0.440 e. The average Bonchev–Trinajstić information content (AvgIpc) is 3.11. The summed E-state index contributed by atoms with van der Waals surface area (Å²) in [6, 6.07) is 7.64. The van der Waals surface area contributed by atoms with Crippen molar-refractivity contribution in [3.63, 3.8) is 0 Å². The summed E-state index contributed by atoms with van der Waals surface area (Å²) < 4.78 is 5.79. The zero-order valence-electron chi connectivity index (χ0n) is 15.0. The van der Waals surface area contributed by atoms with Crippen LogP contribution in [0.4, 0.5) is 0 Å². The monoisotopic (exact) mass is 393 g/mol. The standard InChI is InChI=1S/C19H24ClN3O2S/c1-12-7-8-21-9-16(12)23-19(24)13(2)26-11-18-22-10-17(25-18)14-3-5-15(20)6-4-14/h3-6,10,12-13,16,21H,7-9,11H2,1-2H3,(H,23,24). The van der Waals surface area contributed by atoms with Gasteiger partial charge < -0.3 is 15.1 Å². The van der Waals surface area contributed by atoms with E-state index >= 15 is 0 Å². The number of nitrogens with one attached hydrogen (secondary N) is 2. The van der Waals surface area contributed by atoms with Crippen molar-refractivity contribution in [1.82, 2.24) is 15.6 Å². The van der Waals surface area contributed by atoms with Crippen molar-refractivity contribution in [2.45, 2.75) is 37.3 Å². The number of carbonyl (C=O) groups excluding carboxylic acids is 1. The van der Waals surface area contributed by atoms with Crippen molar-refractivity contribution < 1.29 is 9.21 Å². The summed E-state index contributed by atoms with van der Waals surface area (Å²) in [5.41, 5.74) is 0.933. The molecule has 1 aromatic heterocycles. The number of nitrogens with zero attached hydrogens (tertiary/aromatic N) is 1. The van der Waals surface area contributed by atoms with E-state index in [4.69, 9.17) is 16.0 Å². The van der Waals surface area contributed by atoms with E-state index in [9.17, 15) is 4.79 Å². The van der Waals surface area contributed by atoms with Crippen LogP contribution in [0.3, 0.4) is 0 Å². The lowest BCUT2D eigenvalue weighted by molar-refractivity contribution is -0.121. The molecule has 140 valence electrons. The normalized spacial score (nSPS) is 21.3. The van der Waals surface area contributed by atoms with Crippen LogP contribution >= 0.6 is 23.4 Å². The molecule has 0 radical (unpaired) electrons. The summed E-state index contributed by atoms with van der Waals surface area (Å²) in [7, 11) is 0. The molecule has 2 aromatic rings. The number of hydrogen-bond acceptors (Lipinski definition) is 5. The highest BCUT2D eigenvalue weighted by Crippen LogP contribution is 2.25. The molecule has 7 heteroatoms. The minimum absolute atomic E-state index is 0.0695. The van der Waals surface area contributed by atoms with Gasteiger partial charge in [0, 0.05) is 23.2 Å². The molecule has 3 unspecified atom stereocenters. The Morgan fingerprint density at radius 2 is 2.23 bits per heavy atom. The number of thioether (sulfide) groups is 1. The molecule has 1 fully saturated rings. The molecular weight excluding hydrogens is 370 g/mol. The molecule has 1 aromatic carbocycles. The number of amides is 1. The summed E-state index contributed by atoms with van der Waals surface area (Å²) >= 11 is 7.43. The SMILES string of the molecule is CC(SCc1ncc(-c2ccc(Cl)cc2)o1)C(=O)NC1CNCCC1C. The van der Waals surface area contributed by atoms with E-state index in [0.717, 1.165) is 25.1 Å². The number of piperidine rings is 1. The first-order chi connectivity index (χ1) is 12.5. The van der Waals surface area contributed by atoms with Gasteiger partial charge in [0.05, 0.1) is 17.2 Å². The van der Waals surface area contributed by atoms with Crippen LogP contribution < -0.4 is 10.6 Å². The van der Waals surface area contributed by atoms with Crippen LogP contribution in [-0.4, -0.2) is 35.3 Å². The molecule has 26 heavy (non-hydrogen) atoms. The van der Waals surface area contributed by atoms with Gasteiger partial charge in [0.1, 0.15) is 0 Å². The maximum absolute atomic E-state index is 12.4. The predicted octanol–water partition coefficient (Wildman–Crippen LogP) is 3.73. The second-order valence-corrected chi connectivity index (χ2v) is 8.43. The first kappa shape index (κ1) is 19.3. The van der Waals surface area contributed by atoms with Crippen molar-refractivity contribution in [3.8, 4) is 11.3 Å². The lowest BCUT2D eigenvalue weighted by Crippen LogP contribution is -2.51. The van der Waals surface area contributed by atoms with Crippen molar-refractivity contribution in [2.24, 2.45) is 5.92 Å². The van der Waals surface area contributed by atoms with Crippen molar-refractivity contribution in [1.29, 1.82) is 0 Å². The molecular formula is C19H24ClN3O2S. The number of oxazole rings is 1. The summed E-state index contributed by atoms with van der Waals surface area (Å²) in [6.07, 6.45) is 2.80. The molecule has 5 nitrogen and oxygen atoms in total. The largest absolute Gasteiger partial charge is 0.440 e. The Labute approximate surface area is 163 Å². The van der Waals surface area contributed by atoms with E-state index in [0.29, 0.717) is 28.3 Å². The maximum atomic E-state index is 12.4. The van der Waals surface area contributed by atoms with Gasteiger partial charge in [-0.15, -0.1) is 11.8 Å². The summed E-state index contributed by atoms with van der Waals surface area (Å²) in [5, 5.41) is 7.02. The van der Waals surface area contributed by atoms with Crippen molar-refractivity contribution >= 4 is 29.3 Å².